The molecule has 0 aromatic carbocycles. The van der Waals surface area contributed by atoms with E-state index in [1.165, 1.54) is 0 Å². The smallest absolute Gasteiger partial charge is 0.326 e. The highest BCUT2D eigenvalue weighted by Crippen LogP contribution is 2.12. The van der Waals surface area contributed by atoms with E-state index in [-0.39, 0.29) is 116 Å². The fourth-order valence-corrected chi connectivity index (χ4v) is 5.66. The molecule has 0 saturated heterocycles. The zero-order chi connectivity index (χ0) is 45.4. The molecule has 20 heteroatoms. The standard InChI is InChI=1S/C41H73N5O15/c1-2-3-14-21-42-37(50)30-60-28-27-59-25-23-44-38(51)31-61-29-26-58-24-22-43-34(47)19-17-32(40(54)55)46-36(49)20-18-33(41(56)57)45-35(48)15-12-10-8-6-4-5-7-9-11-13-16-39(52)53/h32-33H,2-31H2,1H3,(H,42,50)(H,43,47)(H,44,51)(H,45,48)(H,46,49)(H,52,53)(H,54,55)(H,56,57)/t32-,33-/m0/s1. The molecule has 352 valence electrons. The Morgan fingerprint density at radius 2 is 0.803 bits per heavy atom. The number of carbonyl (C=O) groups excluding carboxylic acids is 5. The van der Waals surface area contributed by atoms with Gasteiger partial charge in [-0.2, -0.15) is 0 Å². The van der Waals surface area contributed by atoms with E-state index in [2.05, 4.69) is 33.5 Å². The van der Waals surface area contributed by atoms with Crippen LogP contribution < -0.4 is 26.6 Å². The lowest BCUT2D eigenvalue weighted by atomic mass is 10.0. The number of unbranched alkanes of at least 4 members (excludes halogenated alkanes) is 11. The number of carbonyl (C=O) groups is 8. The molecule has 5 amide bonds. The monoisotopic (exact) mass is 876 g/mol. The summed E-state index contributed by atoms with van der Waals surface area (Å²) in [5, 5.41) is 40.4. The molecule has 20 nitrogen and oxygen atoms in total. The molecule has 0 bridgehead atoms. The minimum Gasteiger partial charge on any atom is -0.481 e. The van der Waals surface area contributed by atoms with Gasteiger partial charge in [-0.1, -0.05) is 71.1 Å². The maximum Gasteiger partial charge on any atom is 0.326 e. The molecule has 0 spiro atoms. The summed E-state index contributed by atoms with van der Waals surface area (Å²) in [6.07, 6.45) is 11.6. The van der Waals surface area contributed by atoms with E-state index in [1.54, 1.807) is 0 Å². The summed E-state index contributed by atoms with van der Waals surface area (Å²) in [5.74, 6) is -5.59. The second-order valence-corrected chi connectivity index (χ2v) is 14.5. The van der Waals surface area contributed by atoms with E-state index in [9.17, 15) is 48.6 Å². The Bertz CT molecular complexity index is 1260. The topological polar surface area (TPSA) is 294 Å². The van der Waals surface area contributed by atoms with Gasteiger partial charge in [-0.15, -0.1) is 0 Å². The lowest BCUT2D eigenvalue weighted by Gasteiger charge is -2.17. The molecule has 2 atom stereocenters. The van der Waals surface area contributed by atoms with E-state index < -0.39 is 47.7 Å². The Balaban J connectivity index is 3.97. The van der Waals surface area contributed by atoms with Gasteiger partial charge in [-0.05, 0) is 32.1 Å². The molecule has 0 aromatic heterocycles. The second-order valence-electron chi connectivity index (χ2n) is 14.5. The molecular weight excluding hydrogens is 802 g/mol. The van der Waals surface area contributed by atoms with Crippen molar-refractivity contribution in [2.24, 2.45) is 0 Å². The third kappa shape index (κ3) is 38.3. The zero-order valence-corrected chi connectivity index (χ0v) is 36.1. The van der Waals surface area contributed by atoms with Gasteiger partial charge in [0.2, 0.25) is 29.5 Å². The predicted molar refractivity (Wildman–Crippen MR) is 222 cm³/mol. The van der Waals surface area contributed by atoms with Gasteiger partial charge in [-0.25, -0.2) is 9.59 Å². The first-order chi connectivity index (χ1) is 29.3. The maximum atomic E-state index is 12.5. The molecule has 61 heavy (non-hydrogen) atoms. The van der Waals surface area contributed by atoms with Crippen LogP contribution in [0.1, 0.15) is 129 Å². The molecule has 0 saturated carbocycles. The number of aliphatic carboxylic acids is 3. The summed E-state index contributed by atoms with van der Waals surface area (Å²) >= 11 is 0. The molecule has 0 fully saturated rings. The minimum absolute atomic E-state index is 0.0278. The number of carboxylic acids is 3. The van der Waals surface area contributed by atoms with Crippen LogP contribution in [0.25, 0.3) is 0 Å². The molecular formula is C41H73N5O15. The van der Waals surface area contributed by atoms with E-state index in [1.807, 2.05) is 0 Å². The van der Waals surface area contributed by atoms with Crippen LogP contribution in [0.3, 0.4) is 0 Å². The zero-order valence-electron chi connectivity index (χ0n) is 36.1. The third-order valence-corrected chi connectivity index (χ3v) is 9.08. The van der Waals surface area contributed by atoms with Crippen molar-refractivity contribution in [3.8, 4) is 0 Å². The molecule has 0 aliphatic rings. The first-order valence-corrected chi connectivity index (χ1v) is 21.7. The van der Waals surface area contributed by atoms with Crippen LogP contribution in [0.2, 0.25) is 0 Å². The van der Waals surface area contributed by atoms with Gasteiger partial charge in [0.25, 0.3) is 0 Å². The number of hydrogen-bond acceptors (Lipinski definition) is 12. The average molecular weight is 876 g/mol. The first kappa shape index (κ1) is 56.6. The normalized spacial score (nSPS) is 11.9. The largest absolute Gasteiger partial charge is 0.481 e. The fourth-order valence-electron chi connectivity index (χ4n) is 5.66. The Morgan fingerprint density at radius 1 is 0.410 bits per heavy atom. The minimum atomic E-state index is -1.39. The van der Waals surface area contributed by atoms with E-state index >= 15 is 0 Å². The van der Waals surface area contributed by atoms with Crippen molar-refractivity contribution in [2.75, 3.05) is 72.5 Å². The van der Waals surface area contributed by atoms with Crippen molar-refractivity contribution in [1.82, 2.24) is 26.6 Å². The average Bonchev–Trinajstić information content (AvgIpc) is 3.21. The van der Waals surface area contributed by atoms with Crippen molar-refractivity contribution in [1.29, 1.82) is 0 Å². The molecule has 0 aliphatic carbocycles. The first-order valence-electron chi connectivity index (χ1n) is 21.7. The summed E-state index contributed by atoms with van der Waals surface area (Å²) < 4.78 is 21.2. The molecule has 0 heterocycles. The number of nitrogens with one attached hydrogen (secondary N) is 5. The highest BCUT2D eigenvalue weighted by molar-refractivity contribution is 5.86. The second kappa shape index (κ2) is 39.7. The van der Waals surface area contributed by atoms with Gasteiger partial charge in [0, 0.05) is 45.3 Å². The van der Waals surface area contributed by atoms with Crippen molar-refractivity contribution in [3.05, 3.63) is 0 Å². The van der Waals surface area contributed by atoms with Crippen molar-refractivity contribution < 1.29 is 72.6 Å². The SMILES string of the molecule is CCCCCNC(=O)COCCOCCNC(=O)COCCOCCNC(=O)CC[C@H](NC(=O)CC[C@H](NC(=O)CCCCCCCCCCCCC(=O)O)C(=O)O)C(=O)O. The van der Waals surface area contributed by atoms with Gasteiger partial charge in [0.1, 0.15) is 25.3 Å². The number of ether oxygens (including phenoxy) is 4. The van der Waals surface area contributed by atoms with Gasteiger partial charge in [0.05, 0.1) is 39.6 Å². The van der Waals surface area contributed by atoms with Crippen molar-refractivity contribution in [2.45, 2.75) is 141 Å². The van der Waals surface area contributed by atoms with Crippen molar-refractivity contribution >= 4 is 47.4 Å². The van der Waals surface area contributed by atoms with Crippen LogP contribution in [0, 0.1) is 0 Å². The predicted octanol–water partition coefficient (Wildman–Crippen LogP) is 2.06. The van der Waals surface area contributed by atoms with Crippen LogP contribution in [0.15, 0.2) is 0 Å². The number of carboxylic acid groups (broad SMARTS) is 3. The van der Waals surface area contributed by atoms with Gasteiger partial charge in [0.15, 0.2) is 0 Å². The highest BCUT2D eigenvalue weighted by atomic mass is 16.5. The van der Waals surface area contributed by atoms with E-state index in [0.29, 0.717) is 19.4 Å². The van der Waals surface area contributed by atoms with Crippen molar-refractivity contribution in [3.63, 3.8) is 0 Å². The molecule has 8 N–H and O–H groups in total. The quantitative estimate of drug-likeness (QED) is 0.0407. The lowest BCUT2D eigenvalue weighted by Crippen LogP contribution is -2.44. The molecule has 0 rings (SSSR count). The molecule has 0 aliphatic heterocycles. The fraction of sp³-hybridized carbons (Fsp3) is 0.805. The molecule has 0 radical (unpaired) electrons. The van der Waals surface area contributed by atoms with Crippen LogP contribution >= 0.6 is 0 Å². The Labute approximate surface area is 359 Å². The van der Waals surface area contributed by atoms with Gasteiger partial charge in [-0.3, -0.25) is 28.8 Å². The Morgan fingerprint density at radius 3 is 1.26 bits per heavy atom. The number of hydrogen-bond donors (Lipinski definition) is 8. The van der Waals surface area contributed by atoms with Crippen LogP contribution in [-0.2, 0) is 57.3 Å². The molecule has 0 unspecified atom stereocenters. The Hall–Kier alpha value is -4.40. The summed E-state index contributed by atoms with van der Waals surface area (Å²) in [6.45, 7) is 4.14. The highest BCUT2D eigenvalue weighted by Gasteiger charge is 2.24. The Kier molecular flexibility index (Phi) is 36.9. The maximum absolute atomic E-state index is 12.5. The third-order valence-electron chi connectivity index (χ3n) is 9.08. The summed E-state index contributed by atoms with van der Waals surface area (Å²) in [5.41, 5.74) is 0. The number of amides is 5. The summed E-state index contributed by atoms with van der Waals surface area (Å²) in [4.78, 5) is 94.4. The van der Waals surface area contributed by atoms with Gasteiger partial charge >= 0.3 is 17.9 Å². The van der Waals surface area contributed by atoms with Crippen LogP contribution in [0.4, 0.5) is 0 Å². The summed E-state index contributed by atoms with van der Waals surface area (Å²) in [6, 6.07) is -2.71. The molecule has 0 aromatic rings. The van der Waals surface area contributed by atoms with E-state index in [4.69, 9.17) is 24.1 Å². The summed E-state index contributed by atoms with van der Waals surface area (Å²) in [7, 11) is 0. The lowest BCUT2D eigenvalue weighted by molar-refractivity contribution is -0.143. The van der Waals surface area contributed by atoms with Crippen LogP contribution in [0.5, 0.6) is 0 Å². The van der Waals surface area contributed by atoms with E-state index in [0.717, 1.165) is 70.6 Å². The van der Waals surface area contributed by atoms with Gasteiger partial charge < -0.3 is 60.9 Å². The van der Waals surface area contributed by atoms with Crippen LogP contribution in [-0.4, -0.2) is 147 Å². The number of rotatable bonds is 43.